The SMILES string of the molecule is COc1ccc(OC)c(OC)c1Cc1ccccc1. The summed E-state index contributed by atoms with van der Waals surface area (Å²) in [6.07, 6.45) is 0.740. The largest absolute Gasteiger partial charge is 0.496 e. The molecule has 0 heterocycles. The quantitative estimate of drug-likeness (QED) is 0.823. The molecule has 0 aliphatic carbocycles. The van der Waals surface area contributed by atoms with E-state index in [1.165, 1.54) is 5.56 Å². The van der Waals surface area contributed by atoms with Crippen LogP contribution in [0.4, 0.5) is 0 Å². The van der Waals surface area contributed by atoms with Crippen LogP contribution >= 0.6 is 0 Å². The molecule has 0 aliphatic rings. The zero-order valence-corrected chi connectivity index (χ0v) is 11.5. The third kappa shape index (κ3) is 2.81. The summed E-state index contributed by atoms with van der Waals surface area (Å²) in [5, 5.41) is 0. The lowest BCUT2D eigenvalue weighted by Gasteiger charge is -2.16. The van der Waals surface area contributed by atoms with E-state index in [0.717, 1.165) is 23.5 Å². The Morgan fingerprint density at radius 3 is 1.95 bits per heavy atom. The van der Waals surface area contributed by atoms with Crippen molar-refractivity contribution < 1.29 is 14.2 Å². The van der Waals surface area contributed by atoms with Gasteiger partial charge >= 0.3 is 0 Å². The Bertz CT molecular complexity index is 535. The van der Waals surface area contributed by atoms with Gasteiger partial charge in [-0.05, 0) is 17.7 Å². The summed E-state index contributed by atoms with van der Waals surface area (Å²) in [7, 11) is 4.94. The molecule has 100 valence electrons. The van der Waals surface area contributed by atoms with Crippen molar-refractivity contribution >= 4 is 0 Å². The molecule has 0 saturated heterocycles. The van der Waals surface area contributed by atoms with Crippen LogP contribution in [0, 0.1) is 0 Å². The summed E-state index contributed by atoms with van der Waals surface area (Å²) in [6, 6.07) is 14.0. The van der Waals surface area contributed by atoms with Gasteiger partial charge in [-0.1, -0.05) is 30.3 Å². The Hall–Kier alpha value is -2.16. The number of rotatable bonds is 5. The molecule has 0 saturated carbocycles. The lowest BCUT2D eigenvalue weighted by molar-refractivity contribution is 0.344. The first-order chi connectivity index (χ1) is 9.30. The smallest absolute Gasteiger partial charge is 0.167 e. The van der Waals surface area contributed by atoms with Crippen molar-refractivity contribution in [3.63, 3.8) is 0 Å². The minimum atomic E-state index is 0.717. The van der Waals surface area contributed by atoms with E-state index in [9.17, 15) is 0 Å². The van der Waals surface area contributed by atoms with Crippen LogP contribution in [0.3, 0.4) is 0 Å². The second kappa shape index (κ2) is 6.14. The van der Waals surface area contributed by atoms with Crippen LogP contribution in [-0.2, 0) is 6.42 Å². The second-order valence-corrected chi connectivity index (χ2v) is 4.14. The Kier molecular flexibility index (Phi) is 4.29. The van der Waals surface area contributed by atoms with E-state index in [-0.39, 0.29) is 0 Å². The zero-order valence-electron chi connectivity index (χ0n) is 11.5. The van der Waals surface area contributed by atoms with E-state index in [0.29, 0.717) is 5.75 Å². The van der Waals surface area contributed by atoms with Crippen molar-refractivity contribution in [1.82, 2.24) is 0 Å². The first-order valence-corrected chi connectivity index (χ1v) is 6.12. The molecule has 0 spiro atoms. The summed E-state index contributed by atoms with van der Waals surface area (Å²) in [5.41, 5.74) is 2.20. The highest BCUT2D eigenvalue weighted by atomic mass is 16.5. The lowest BCUT2D eigenvalue weighted by atomic mass is 10.0. The fraction of sp³-hybridized carbons (Fsp3) is 0.250. The molecule has 2 aromatic carbocycles. The van der Waals surface area contributed by atoms with Gasteiger partial charge in [0.05, 0.1) is 21.3 Å². The molecule has 0 unspecified atom stereocenters. The van der Waals surface area contributed by atoms with Gasteiger partial charge in [0.15, 0.2) is 11.5 Å². The van der Waals surface area contributed by atoms with Crippen LogP contribution in [-0.4, -0.2) is 21.3 Å². The van der Waals surface area contributed by atoms with Crippen LogP contribution in [0.25, 0.3) is 0 Å². The van der Waals surface area contributed by atoms with Crippen LogP contribution in [0.5, 0.6) is 17.2 Å². The van der Waals surface area contributed by atoms with Crippen LogP contribution in [0.1, 0.15) is 11.1 Å². The molecule has 3 nitrogen and oxygen atoms in total. The summed E-state index contributed by atoms with van der Waals surface area (Å²) >= 11 is 0. The Labute approximate surface area is 113 Å². The first kappa shape index (κ1) is 13.3. The van der Waals surface area contributed by atoms with E-state index in [2.05, 4.69) is 12.1 Å². The minimum absolute atomic E-state index is 0.717. The van der Waals surface area contributed by atoms with Gasteiger partial charge in [-0.3, -0.25) is 0 Å². The summed E-state index contributed by atoms with van der Waals surface area (Å²) < 4.78 is 16.2. The summed E-state index contributed by atoms with van der Waals surface area (Å²) in [4.78, 5) is 0. The number of methoxy groups -OCH3 is 3. The predicted octanol–water partition coefficient (Wildman–Crippen LogP) is 3.30. The highest BCUT2D eigenvalue weighted by Crippen LogP contribution is 2.38. The average molecular weight is 258 g/mol. The first-order valence-electron chi connectivity index (χ1n) is 6.12. The minimum Gasteiger partial charge on any atom is -0.496 e. The van der Waals surface area contributed by atoms with Crippen molar-refractivity contribution in [3.05, 3.63) is 53.6 Å². The molecule has 0 fully saturated rings. The van der Waals surface area contributed by atoms with E-state index in [1.807, 2.05) is 30.3 Å². The third-order valence-corrected chi connectivity index (χ3v) is 3.05. The van der Waals surface area contributed by atoms with Crippen LogP contribution in [0.15, 0.2) is 42.5 Å². The Morgan fingerprint density at radius 1 is 0.737 bits per heavy atom. The third-order valence-electron chi connectivity index (χ3n) is 3.05. The summed E-state index contributed by atoms with van der Waals surface area (Å²) in [5.74, 6) is 2.25. The number of hydrogen-bond donors (Lipinski definition) is 0. The standard InChI is InChI=1S/C16H18O3/c1-17-14-9-10-15(18-2)16(19-3)13(14)11-12-7-5-4-6-8-12/h4-10H,11H2,1-3H3. The lowest BCUT2D eigenvalue weighted by Crippen LogP contribution is -2.00. The van der Waals surface area contributed by atoms with Gasteiger partial charge in [0.2, 0.25) is 0 Å². The van der Waals surface area contributed by atoms with Crippen molar-refractivity contribution in [2.75, 3.05) is 21.3 Å². The maximum Gasteiger partial charge on any atom is 0.167 e. The van der Waals surface area contributed by atoms with Crippen molar-refractivity contribution in [2.24, 2.45) is 0 Å². The molecular weight excluding hydrogens is 240 g/mol. The zero-order chi connectivity index (χ0) is 13.7. The molecule has 2 aromatic rings. The molecule has 19 heavy (non-hydrogen) atoms. The van der Waals surface area contributed by atoms with E-state index in [4.69, 9.17) is 14.2 Å². The Balaban J connectivity index is 2.46. The normalized spacial score (nSPS) is 10.1. The molecule has 0 amide bonds. The van der Waals surface area contributed by atoms with Gasteiger partial charge in [0.1, 0.15) is 5.75 Å². The topological polar surface area (TPSA) is 27.7 Å². The number of hydrogen-bond acceptors (Lipinski definition) is 3. The van der Waals surface area contributed by atoms with Gasteiger partial charge in [-0.15, -0.1) is 0 Å². The molecule has 0 N–H and O–H groups in total. The van der Waals surface area contributed by atoms with E-state index < -0.39 is 0 Å². The number of benzene rings is 2. The van der Waals surface area contributed by atoms with Gasteiger partial charge in [0, 0.05) is 12.0 Å². The molecule has 2 rings (SSSR count). The average Bonchev–Trinajstić information content (AvgIpc) is 2.47. The van der Waals surface area contributed by atoms with E-state index in [1.54, 1.807) is 21.3 Å². The monoisotopic (exact) mass is 258 g/mol. The fourth-order valence-corrected chi connectivity index (χ4v) is 2.13. The maximum atomic E-state index is 5.48. The van der Waals surface area contributed by atoms with Gasteiger partial charge in [0.25, 0.3) is 0 Å². The second-order valence-electron chi connectivity index (χ2n) is 4.14. The molecule has 0 aliphatic heterocycles. The fourth-order valence-electron chi connectivity index (χ4n) is 2.13. The molecule has 0 aromatic heterocycles. The van der Waals surface area contributed by atoms with Gasteiger partial charge in [-0.25, -0.2) is 0 Å². The molecule has 0 bridgehead atoms. The van der Waals surface area contributed by atoms with Crippen molar-refractivity contribution in [3.8, 4) is 17.2 Å². The van der Waals surface area contributed by atoms with Crippen LogP contribution < -0.4 is 14.2 Å². The van der Waals surface area contributed by atoms with Crippen molar-refractivity contribution in [1.29, 1.82) is 0 Å². The molecular formula is C16H18O3. The van der Waals surface area contributed by atoms with Crippen molar-refractivity contribution in [2.45, 2.75) is 6.42 Å². The van der Waals surface area contributed by atoms with Gasteiger partial charge < -0.3 is 14.2 Å². The Morgan fingerprint density at radius 2 is 1.37 bits per heavy atom. The molecule has 0 radical (unpaired) electrons. The van der Waals surface area contributed by atoms with Crippen LogP contribution in [0.2, 0.25) is 0 Å². The highest BCUT2D eigenvalue weighted by molar-refractivity contribution is 5.55. The predicted molar refractivity (Wildman–Crippen MR) is 75.3 cm³/mol. The van der Waals surface area contributed by atoms with Gasteiger partial charge in [-0.2, -0.15) is 0 Å². The molecule has 0 atom stereocenters. The number of ether oxygens (including phenoxy) is 3. The highest BCUT2D eigenvalue weighted by Gasteiger charge is 2.15. The molecule has 3 heteroatoms. The van der Waals surface area contributed by atoms with E-state index >= 15 is 0 Å². The summed E-state index contributed by atoms with van der Waals surface area (Å²) in [6.45, 7) is 0. The maximum absolute atomic E-state index is 5.48.